The van der Waals surface area contributed by atoms with E-state index in [0.717, 1.165) is 11.1 Å². The van der Waals surface area contributed by atoms with Gasteiger partial charge in [0.15, 0.2) is 0 Å². The normalized spacial score (nSPS) is 15.3. The second-order valence-corrected chi connectivity index (χ2v) is 5.29. The topological polar surface area (TPSA) is 40.5 Å². The first-order valence-corrected chi connectivity index (χ1v) is 6.69. The van der Waals surface area contributed by atoms with Crippen LogP contribution in [0.1, 0.15) is 30.6 Å². The molecule has 20 heavy (non-hydrogen) atoms. The van der Waals surface area contributed by atoms with Gasteiger partial charge >= 0.3 is 0 Å². The molecule has 0 aliphatic carbocycles. The fourth-order valence-electron chi connectivity index (χ4n) is 2.31. The second-order valence-electron chi connectivity index (χ2n) is 5.29. The molecule has 0 heterocycles. The van der Waals surface area contributed by atoms with Crippen LogP contribution >= 0.6 is 0 Å². The van der Waals surface area contributed by atoms with Crippen molar-refractivity contribution in [3.8, 4) is 0 Å². The molecule has 104 valence electrons. The highest BCUT2D eigenvalue weighted by Gasteiger charge is 2.26. The van der Waals surface area contributed by atoms with E-state index < -0.39 is 11.7 Å². The van der Waals surface area contributed by atoms with E-state index in [2.05, 4.69) is 6.58 Å². The van der Waals surface area contributed by atoms with Gasteiger partial charge in [0, 0.05) is 6.42 Å². The number of rotatable bonds is 5. The lowest BCUT2D eigenvalue weighted by atomic mass is 9.86. The van der Waals surface area contributed by atoms with Crippen molar-refractivity contribution in [3.05, 3.63) is 83.9 Å². The van der Waals surface area contributed by atoms with Gasteiger partial charge in [-0.05, 0) is 23.6 Å². The van der Waals surface area contributed by atoms with Crippen LogP contribution in [0.2, 0.25) is 0 Å². The van der Waals surface area contributed by atoms with Gasteiger partial charge in [-0.25, -0.2) is 0 Å². The zero-order chi connectivity index (χ0) is 14.6. The standard InChI is InChI=1S/C18H20O2/c1-14(17(19)15-9-5-3-6-10-15)13-18(2,20)16-11-7-4-8-12-16/h3-12,17,19-20H,1,13H2,2H3. The van der Waals surface area contributed by atoms with Gasteiger partial charge < -0.3 is 10.2 Å². The highest BCUT2D eigenvalue weighted by molar-refractivity contribution is 5.28. The first kappa shape index (κ1) is 14.5. The van der Waals surface area contributed by atoms with Crippen molar-refractivity contribution in [2.45, 2.75) is 25.0 Å². The van der Waals surface area contributed by atoms with Crippen LogP contribution < -0.4 is 0 Å². The third kappa shape index (κ3) is 3.35. The number of aliphatic hydroxyl groups excluding tert-OH is 1. The molecule has 0 amide bonds. The Kier molecular flexibility index (Phi) is 4.38. The number of hydrogen-bond donors (Lipinski definition) is 2. The Balaban J connectivity index is 2.11. The lowest BCUT2D eigenvalue weighted by Gasteiger charge is -2.27. The van der Waals surface area contributed by atoms with Crippen molar-refractivity contribution < 1.29 is 10.2 Å². The average Bonchev–Trinajstić information content (AvgIpc) is 2.48. The molecular weight excluding hydrogens is 248 g/mol. The van der Waals surface area contributed by atoms with E-state index >= 15 is 0 Å². The summed E-state index contributed by atoms with van der Waals surface area (Å²) >= 11 is 0. The van der Waals surface area contributed by atoms with Crippen LogP contribution in [0, 0.1) is 0 Å². The van der Waals surface area contributed by atoms with Crippen molar-refractivity contribution in [1.29, 1.82) is 0 Å². The van der Waals surface area contributed by atoms with Gasteiger partial charge in [0.25, 0.3) is 0 Å². The molecular formula is C18H20O2. The fraction of sp³-hybridized carbons (Fsp3) is 0.222. The highest BCUT2D eigenvalue weighted by atomic mass is 16.3. The first-order chi connectivity index (χ1) is 9.50. The quantitative estimate of drug-likeness (QED) is 0.814. The molecule has 2 unspecified atom stereocenters. The van der Waals surface area contributed by atoms with Crippen LogP contribution in [-0.2, 0) is 5.60 Å². The predicted molar refractivity (Wildman–Crippen MR) is 81.2 cm³/mol. The lowest BCUT2D eigenvalue weighted by molar-refractivity contribution is 0.0498. The smallest absolute Gasteiger partial charge is 0.0999 e. The van der Waals surface area contributed by atoms with Gasteiger partial charge in [-0.3, -0.25) is 0 Å². The second kappa shape index (κ2) is 6.04. The Hall–Kier alpha value is -1.90. The molecule has 2 N–H and O–H groups in total. The number of hydrogen-bond acceptors (Lipinski definition) is 2. The van der Waals surface area contributed by atoms with Crippen molar-refractivity contribution in [2.24, 2.45) is 0 Å². The summed E-state index contributed by atoms with van der Waals surface area (Å²) in [6, 6.07) is 18.8. The summed E-state index contributed by atoms with van der Waals surface area (Å²) in [4.78, 5) is 0. The van der Waals surface area contributed by atoms with Gasteiger partial charge in [-0.1, -0.05) is 67.2 Å². The number of benzene rings is 2. The Morgan fingerprint density at radius 3 is 2.10 bits per heavy atom. The Morgan fingerprint density at radius 2 is 1.55 bits per heavy atom. The van der Waals surface area contributed by atoms with Gasteiger partial charge in [-0.15, -0.1) is 0 Å². The molecule has 0 saturated heterocycles. The van der Waals surface area contributed by atoms with E-state index in [-0.39, 0.29) is 0 Å². The summed E-state index contributed by atoms with van der Waals surface area (Å²) in [6.07, 6.45) is -0.445. The predicted octanol–water partition coefficient (Wildman–Crippen LogP) is 3.57. The monoisotopic (exact) mass is 268 g/mol. The van der Waals surface area contributed by atoms with E-state index in [9.17, 15) is 10.2 Å². The van der Waals surface area contributed by atoms with Crippen LogP contribution in [0.5, 0.6) is 0 Å². The zero-order valence-electron chi connectivity index (χ0n) is 11.7. The maximum atomic E-state index is 10.6. The molecule has 2 aromatic carbocycles. The maximum absolute atomic E-state index is 10.6. The van der Waals surface area contributed by atoms with Gasteiger partial charge in [0.2, 0.25) is 0 Å². The summed E-state index contributed by atoms with van der Waals surface area (Å²) in [5.41, 5.74) is 1.18. The van der Waals surface area contributed by atoms with E-state index in [1.54, 1.807) is 6.92 Å². The fourth-order valence-corrected chi connectivity index (χ4v) is 2.31. The van der Waals surface area contributed by atoms with E-state index in [0.29, 0.717) is 12.0 Å². The van der Waals surface area contributed by atoms with Crippen molar-refractivity contribution in [1.82, 2.24) is 0 Å². The Bertz CT molecular complexity index is 558. The largest absolute Gasteiger partial charge is 0.385 e. The van der Waals surface area contributed by atoms with E-state index in [4.69, 9.17) is 0 Å². The molecule has 0 bridgehead atoms. The molecule has 2 heteroatoms. The van der Waals surface area contributed by atoms with Gasteiger partial charge in [0.1, 0.15) is 0 Å². The molecule has 2 rings (SSSR count). The van der Waals surface area contributed by atoms with Crippen LogP contribution in [-0.4, -0.2) is 10.2 Å². The minimum Gasteiger partial charge on any atom is -0.385 e. The SMILES string of the molecule is C=C(CC(C)(O)c1ccccc1)C(O)c1ccccc1. The van der Waals surface area contributed by atoms with Crippen molar-refractivity contribution in [3.63, 3.8) is 0 Å². The molecule has 2 atom stereocenters. The lowest BCUT2D eigenvalue weighted by Crippen LogP contribution is -2.23. The van der Waals surface area contributed by atoms with Crippen LogP contribution in [0.25, 0.3) is 0 Å². The van der Waals surface area contributed by atoms with Crippen molar-refractivity contribution in [2.75, 3.05) is 0 Å². The Morgan fingerprint density at radius 1 is 1.05 bits per heavy atom. The summed E-state index contributed by atoms with van der Waals surface area (Å²) in [7, 11) is 0. The molecule has 0 spiro atoms. The highest BCUT2D eigenvalue weighted by Crippen LogP contribution is 2.32. The maximum Gasteiger partial charge on any atom is 0.0999 e. The summed E-state index contributed by atoms with van der Waals surface area (Å²) in [6.45, 7) is 5.67. The molecule has 0 aliphatic heterocycles. The third-order valence-electron chi connectivity index (χ3n) is 3.47. The molecule has 0 aliphatic rings. The summed E-state index contributed by atoms with van der Waals surface area (Å²) in [5.74, 6) is 0. The average molecular weight is 268 g/mol. The summed E-state index contributed by atoms with van der Waals surface area (Å²) < 4.78 is 0. The minimum atomic E-state index is -1.03. The van der Waals surface area contributed by atoms with Crippen LogP contribution in [0.4, 0.5) is 0 Å². The van der Waals surface area contributed by atoms with Gasteiger partial charge in [-0.2, -0.15) is 0 Å². The first-order valence-electron chi connectivity index (χ1n) is 6.69. The molecule has 0 aromatic heterocycles. The van der Waals surface area contributed by atoms with Crippen LogP contribution in [0.3, 0.4) is 0 Å². The van der Waals surface area contributed by atoms with Crippen LogP contribution in [0.15, 0.2) is 72.8 Å². The minimum absolute atomic E-state index is 0.313. The van der Waals surface area contributed by atoms with E-state index in [1.165, 1.54) is 0 Å². The molecule has 2 nitrogen and oxygen atoms in total. The zero-order valence-corrected chi connectivity index (χ0v) is 11.7. The molecule has 0 radical (unpaired) electrons. The third-order valence-corrected chi connectivity index (χ3v) is 3.47. The van der Waals surface area contributed by atoms with Crippen molar-refractivity contribution >= 4 is 0 Å². The van der Waals surface area contributed by atoms with Gasteiger partial charge in [0.05, 0.1) is 11.7 Å². The number of aliphatic hydroxyl groups is 2. The molecule has 0 fully saturated rings. The molecule has 2 aromatic rings. The molecule has 0 saturated carbocycles. The summed E-state index contributed by atoms with van der Waals surface area (Å²) in [5, 5.41) is 20.9. The van der Waals surface area contributed by atoms with E-state index in [1.807, 2.05) is 60.7 Å². The Labute approximate surface area is 120 Å².